The molecule has 0 fully saturated rings. The molecule has 0 saturated carbocycles. The molecule has 0 atom stereocenters. The fourth-order valence-electron chi connectivity index (χ4n) is 2.36. The van der Waals surface area contributed by atoms with Crippen molar-refractivity contribution in [3.8, 4) is 0 Å². The summed E-state index contributed by atoms with van der Waals surface area (Å²) >= 11 is 0. The molecule has 0 heterocycles. The molecule has 0 unspecified atom stereocenters. The van der Waals surface area contributed by atoms with Crippen LogP contribution < -0.4 is 0 Å². The molecule has 0 spiro atoms. The third kappa shape index (κ3) is 5.54. The first-order valence-electron chi connectivity index (χ1n) is 7.75. The Hall–Kier alpha value is -2.96. The minimum Gasteiger partial charge on any atom is -0.481 e. The molecular formula is C20H18O5S. The number of hydrogen-bond donors (Lipinski definition) is 2. The van der Waals surface area contributed by atoms with E-state index in [1.165, 1.54) is 12.1 Å². The molecule has 0 aliphatic rings. The molecule has 26 heavy (non-hydrogen) atoms. The molecule has 6 heteroatoms. The van der Waals surface area contributed by atoms with Gasteiger partial charge in [-0.15, -0.1) is 0 Å². The number of hydrogen-bond acceptors (Lipinski definition) is 3. The van der Waals surface area contributed by atoms with Crippen molar-refractivity contribution in [3.05, 3.63) is 102 Å². The maximum absolute atomic E-state index is 11.3. The molecular weight excluding hydrogens is 352 g/mol. The summed E-state index contributed by atoms with van der Waals surface area (Å²) in [7, 11) is -4.00. The highest BCUT2D eigenvalue weighted by Gasteiger charge is 2.21. The van der Waals surface area contributed by atoms with E-state index in [-0.39, 0.29) is 4.90 Å². The highest BCUT2D eigenvalue weighted by Crippen LogP contribution is 2.24. The van der Waals surface area contributed by atoms with Crippen LogP contribution in [0.25, 0.3) is 0 Å². The van der Waals surface area contributed by atoms with Crippen molar-refractivity contribution < 1.29 is 22.9 Å². The summed E-state index contributed by atoms with van der Waals surface area (Å²) in [4.78, 5) is 11.2. The van der Waals surface area contributed by atoms with Crippen LogP contribution in [0.1, 0.15) is 17.0 Å². The number of carboxylic acid groups (broad SMARTS) is 1. The molecule has 2 N–H and O–H groups in total. The van der Waals surface area contributed by atoms with Crippen LogP contribution in [0.4, 0.5) is 0 Å². The second-order valence-electron chi connectivity index (χ2n) is 5.38. The quantitative estimate of drug-likeness (QED) is 0.681. The zero-order chi connectivity index (χ0) is 19.0. The van der Waals surface area contributed by atoms with Crippen LogP contribution in [-0.2, 0) is 14.9 Å². The standard InChI is InChI=1S/C14H12O2.C6H6O3S/c15-14(16)13(11-7-3-1-4-8-11)12-9-5-2-6-10-12;7-10(8,9)6-4-2-1-3-5-6/h1-10,13H,(H,15,16);1-5H,(H,7,8,9). The number of rotatable bonds is 4. The summed E-state index contributed by atoms with van der Waals surface area (Å²) in [5, 5.41) is 9.28. The highest BCUT2D eigenvalue weighted by molar-refractivity contribution is 7.85. The lowest BCUT2D eigenvalue weighted by molar-refractivity contribution is -0.137. The first-order chi connectivity index (χ1) is 12.4. The van der Waals surface area contributed by atoms with Gasteiger partial charge in [0.1, 0.15) is 5.92 Å². The van der Waals surface area contributed by atoms with E-state index in [0.717, 1.165) is 11.1 Å². The third-order valence-electron chi connectivity index (χ3n) is 3.55. The van der Waals surface area contributed by atoms with Gasteiger partial charge in [0, 0.05) is 0 Å². The van der Waals surface area contributed by atoms with Crippen LogP contribution in [-0.4, -0.2) is 24.0 Å². The molecule has 0 bridgehead atoms. The minimum atomic E-state index is -4.00. The summed E-state index contributed by atoms with van der Waals surface area (Å²) < 4.78 is 29.2. The Bertz CT molecular complexity index is 884. The van der Waals surface area contributed by atoms with Gasteiger partial charge in [-0.05, 0) is 23.3 Å². The molecule has 0 aliphatic heterocycles. The second kappa shape index (κ2) is 8.94. The van der Waals surface area contributed by atoms with E-state index in [9.17, 15) is 18.3 Å². The Kier molecular flexibility index (Phi) is 6.66. The van der Waals surface area contributed by atoms with Crippen LogP contribution in [0, 0.1) is 0 Å². The number of carboxylic acids is 1. The van der Waals surface area contributed by atoms with E-state index in [2.05, 4.69) is 0 Å². The van der Waals surface area contributed by atoms with Gasteiger partial charge in [0.25, 0.3) is 10.1 Å². The predicted molar refractivity (Wildman–Crippen MR) is 98.6 cm³/mol. The maximum atomic E-state index is 11.3. The van der Waals surface area contributed by atoms with Crippen molar-refractivity contribution >= 4 is 16.1 Å². The van der Waals surface area contributed by atoms with E-state index < -0.39 is 22.0 Å². The van der Waals surface area contributed by atoms with Crippen LogP contribution in [0.15, 0.2) is 95.9 Å². The smallest absolute Gasteiger partial charge is 0.315 e. The molecule has 0 radical (unpaired) electrons. The van der Waals surface area contributed by atoms with Gasteiger partial charge in [0.15, 0.2) is 0 Å². The lowest BCUT2D eigenvalue weighted by atomic mass is 9.92. The van der Waals surface area contributed by atoms with Crippen molar-refractivity contribution in [3.63, 3.8) is 0 Å². The predicted octanol–water partition coefficient (Wildman–Crippen LogP) is 3.84. The van der Waals surface area contributed by atoms with Gasteiger partial charge >= 0.3 is 5.97 Å². The van der Waals surface area contributed by atoms with Gasteiger partial charge in [0.05, 0.1) is 4.90 Å². The summed E-state index contributed by atoms with van der Waals surface area (Å²) in [5.41, 5.74) is 1.61. The van der Waals surface area contributed by atoms with Crippen molar-refractivity contribution in [2.45, 2.75) is 10.8 Å². The molecule has 0 amide bonds. The monoisotopic (exact) mass is 370 g/mol. The Morgan fingerprint density at radius 2 is 1.04 bits per heavy atom. The Morgan fingerprint density at radius 3 is 1.31 bits per heavy atom. The van der Waals surface area contributed by atoms with Crippen LogP contribution in [0.5, 0.6) is 0 Å². The number of benzene rings is 3. The molecule has 0 aliphatic carbocycles. The van der Waals surface area contributed by atoms with Gasteiger partial charge in [-0.1, -0.05) is 78.9 Å². The zero-order valence-electron chi connectivity index (χ0n) is 13.8. The maximum Gasteiger partial charge on any atom is 0.315 e. The lowest BCUT2D eigenvalue weighted by Crippen LogP contribution is -2.12. The summed E-state index contributed by atoms with van der Waals surface area (Å²) in [6.07, 6.45) is 0. The topological polar surface area (TPSA) is 91.7 Å². The molecule has 3 aromatic rings. The fraction of sp³-hybridized carbons (Fsp3) is 0.0500. The summed E-state index contributed by atoms with van der Waals surface area (Å²) in [5.74, 6) is -1.40. The van der Waals surface area contributed by atoms with Crippen LogP contribution in [0.2, 0.25) is 0 Å². The SMILES string of the molecule is O=C(O)C(c1ccccc1)c1ccccc1.O=S(=O)(O)c1ccccc1. The van der Waals surface area contributed by atoms with Gasteiger partial charge in [-0.2, -0.15) is 8.42 Å². The van der Waals surface area contributed by atoms with Crippen LogP contribution in [0.3, 0.4) is 0 Å². The van der Waals surface area contributed by atoms with Crippen LogP contribution >= 0.6 is 0 Å². The van der Waals surface area contributed by atoms with Crippen molar-refractivity contribution in [1.82, 2.24) is 0 Å². The fourth-order valence-corrected chi connectivity index (χ4v) is 2.86. The van der Waals surface area contributed by atoms with E-state index in [1.807, 2.05) is 60.7 Å². The first-order valence-corrected chi connectivity index (χ1v) is 9.19. The average molecular weight is 370 g/mol. The first kappa shape index (κ1) is 19.4. The van der Waals surface area contributed by atoms with Crippen molar-refractivity contribution in [2.75, 3.05) is 0 Å². The third-order valence-corrected chi connectivity index (χ3v) is 4.42. The largest absolute Gasteiger partial charge is 0.481 e. The summed E-state index contributed by atoms with van der Waals surface area (Å²) in [6, 6.07) is 26.0. The Balaban J connectivity index is 0.000000209. The second-order valence-corrected chi connectivity index (χ2v) is 6.80. The molecule has 0 aromatic heterocycles. The zero-order valence-corrected chi connectivity index (χ0v) is 14.6. The van der Waals surface area contributed by atoms with Gasteiger partial charge in [0.2, 0.25) is 0 Å². The number of aliphatic carboxylic acids is 1. The summed E-state index contributed by atoms with van der Waals surface area (Å²) in [6.45, 7) is 0. The number of carbonyl (C=O) groups is 1. The van der Waals surface area contributed by atoms with Gasteiger partial charge < -0.3 is 5.11 Å². The molecule has 3 aromatic carbocycles. The van der Waals surface area contributed by atoms with E-state index >= 15 is 0 Å². The molecule has 0 saturated heterocycles. The minimum absolute atomic E-state index is 0.0741. The molecule has 5 nitrogen and oxygen atoms in total. The van der Waals surface area contributed by atoms with E-state index in [4.69, 9.17) is 4.55 Å². The normalized spacial score (nSPS) is 10.7. The Labute approximate surface area is 152 Å². The van der Waals surface area contributed by atoms with Gasteiger partial charge in [-0.25, -0.2) is 0 Å². The van der Waals surface area contributed by atoms with E-state index in [1.54, 1.807) is 18.2 Å². The highest BCUT2D eigenvalue weighted by atomic mass is 32.2. The Morgan fingerprint density at radius 1 is 0.692 bits per heavy atom. The van der Waals surface area contributed by atoms with E-state index in [0.29, 0.717) is 0 Å². The lowest BCUT2D eigenvalue weighted by Gasteiger charge is -2.12. The van der Waals surface area contributed by atoms with Gasteiger partial charge in [-0.3, -0.25) is 9.35 Å². The molecule has 3 rings (SSSR count). The van der Waals surface area contributed by atoms with Crippen molar-refractivity contribution in [2.24, 2.45) is 0 Å². The molecule has 134 valence electrons. The average Bonchev–Trinajstić information content (AvgIpc) is 2.64. The van der Waals surface area contributed by atoms with Crippen molar-refractivity contribution in [1.29, 1.82) is 0 Å².